The fourth-order valence-electron chi connectivity index (χ4n) is 1.08. The molecule has 0 aliphatic rings. The maximum absolute atomic E-state index is 9.53. The highest BCUT2D eigenvalue weighted by molar-refractivity contribution is 9.10. The minimum Gasteiger partial charge on any atom is -0.503 e. The molecule has 0 heterocycles. The summed E-state index contributed by atoms with van der Waals surface area (Å²) < 4.78 is 5.71. The molecule has 0 saturated heterocycles. The van der Waals surface area contributed by atoms with Crippen LogP contribution in [-0.4, -0.2) is 12.2 Å². The van der Waals surface area contributed by atoms with Crippen molar-refractivity contribution in [1.82, 2.24) is 0 Å². The van der Waals surface area contributed by atoms with Crippen molar-refractivity contribution in [3.8, 4) is 11.5 Å². The number of hydrogen-bond donors (Lipinski definition) is 1. The normalized spacial score (nSPS) is 10.5. The minimum absolute atomic E-state index is 0.159. The van der Waals surface area contributed by atoms with Crippen LogP contribution >= 0.6 is 15.9 Å². The first-order chi connectivity index (χ1) is 6.06. The Bertz CT molecular complexity index is 308. The lowest BCUT2D eigenvalue weighted by Crippen LogP contribution is -1.91. The maximum Gasteiger partial charge on any atom is 0.172 e. The minimum atomic E-state index is 0.159. The van der Waals surface area contributed by atoms with E-state index >= 15 is 0 Å². The molecule has 0 saturated carbocycles. The molecule has 0 aliphatic heterocycles. The van der Waals surface area contributed by atoms with E-state index in [9.17, 15) is 5.11 Å². The number of hydrogen-bond acceptors (Lipinski definition) is 2. The van der Waals surface area contributed by atoms with Crippen LogP contribution in [0.5, 0.6) is 11.5 Å². The fourth-order valence-corrected chi connectivity index (χ4v) is 1.54. The molecule has 1 aromatic rings. The predicted octanol–water partition coefficient (Wildman–Crippen LogP) is 3.29. The molecule has 0 unspecified atom stereocenters. The lowest BCUT2D eigenvalue weighted by Gasteiger charge is -2.10. The van der Waals surface area contributed by atoms with E-state index < -0.39 is 0 Å². The largest absolute Gasteiger partial charge is 0.503 e. The van der Waals surface area contributed by atoms with Crippen LogP contribution in [-0.2, 0) is 0 Å². The second-order valence-electron chi connectivity index (χ2n) is 3.21. The van der Waals surface area contributed by atoms with Gasteiger partial charge in [-0.05, 0) is 39.5 Å². The van der Waals surface area contributed by atoms with Crippen LogP contribution in [0.4, 0.5) is 0 Å². The lowest BCUT2D eigenvalue weighted by atomic mass is 10.0. The molecule has 72 valence electrons. The SMILES string of the molecule is COc1cc(C(C)C)cc(Br)c1O. The summed E-state index contributed by atoms with van der Waals surface area (Å²) in [5.41, 5.74) is 1.14. The Hall–Kier alpha value is -0.700. The molecule has 0 aromatic heterocycles. The van der Waals surface area contributed by atoms with Gasteiger partial charge in [-0.1, -0.05) is 13.8 Å². The number of benzene rings is 1. The standard InChI is InChI=1S/C10H13BrO2/c1-6(2)7-4-8(11)10(12)9(5-7)13-3/h4-6,12H,1-3H3. The lowest BCUT2D eigenvalue weighted by molar-refractivity contribution is 0.371. The van der Waals surface area contributed by atoms with Crippen molar-refractivity contribution in [2.75, 3.05) is 7.11 Å². The molecule has 0 aliphatic carbocycles. The Morgan fingerprint density at radius 3 is 2.46 bits per heavy atom. The van der Waals surface area contributed by atoms with Crippen molar-refractivity contribution in [2.45, 2.75) is 19.8 Å². The molecule has 3 heteroatoms. The number of halogens is 1. The van der Waals surface area contributed by atoms with Gasteiger partial charge in [0, 0.05) is 0 Å². The van der Waals surface area contributed by atoms with Crippen LogP contribution in [0.3, 0.4) is 0 Å². The van der Waals surface area contributed by atoms with Gasteiger partial charge in [0.05, 0.1) is 11.6 Å². The molecule has 0 fully saturated rings. The van der Waals surface area contributed by atoms with Crippen LogP contribution in [0.1, 0.15) is 25.3 Å². The molecule has 0 radical (unpaired) electrons. The van der Waals surface area contributed by atoms with Crippen LogP contribution in [0.2, 0.25) is 0 Å². The molecule has 0 amide bonds. The quantitative estimate of drug-likeness (QED) is 0.866. The van der Waals surface area contributed by atoms with E-state index in [4.69, 9.17) is 4.74 Å². The van der Waals surface area contributed by atoms with E-state index in [1.165, 1.54) is 0 Å². The highest BCUT2D eigenvalue weighted by atomic mass is 79.9. The van der Waals surface area contributed by atoms with Crippen LogP contribution in [0, 0.1) is 0 Å². The van der Waals surface area contributed by atoms with Gasteiger partial charge in [0.1, 0.15) is 0 Å². The Balaban J connectivity index is 3.22. The van der Waals surface area contributed by atoms with E-state index in [1.807, 2.05) is 12.1 Å². The van der Waals surface area contributed by atoms with Crippen molar-refractivity contribution in [3.63, 3.8) is 0 Å². The third kappa shape index (κ3) is 2.15. The fraction of sp³-hybridized carbons (Fsp3) is 0.400. The predicted molar refractivity (Wildman–Crippen MR) is 56.4 cm³/mol. The number of ether oxygens (including phenoxy) is 1. The van der Waals surface area contributed by atoms with Crippen LogP contribution in [0.15, 0.2) is 16.6 Å². The second kappa shape index (κ2) is 4.01. The Morgan fingerprint density at radius 1 is 1.38 bits per heavy atom. The summed E-state index contributed by atoms with van der Waals surface area (Å²) in [4.78, 5) is 0. The smallest absolute Gasteiger partial charge is 0.172 e. The molecule has 13 heavy (non-hydrogen) atoms. The van der Waals surface area contributed by atoms with E-state index in [-0.39, 0.29) is 5.75 Å². The van der Waals surface area contributed by atoms with Crippen molar-refractivity contribution < 1.29 is 9.84 Å². The van der Waals surface area contributed by atoms with Gasteiger partial charge in [0.25, 0.3) is 0 Å². The highest BCUT2D eigenvalue weighted by Crippen LogP contribution is 2.36. The Labute approximate surface area is 86.7 Å². The first-order valence-electron chi connectivity index (χ1n) is 4.12. The topological polar surface area (TPSA) is 29.5 Å². The first-order valence-corrected chi connectivity index (χ1v) is 4.92. The summed E-state index contributed by atoms with van der Waals surface area (Å²) in [6.45, 7) is 4.19. The molecule has 1 rings (SSSR count). The van der Waals surface area contributed by atoms with E-state index in [0.717, 1.165) is 5.56 Å². The Kier molecular flexibility index (Phi) is 3.20. The number of methoxy groups -OCH3 is 1. The molecule has 1 aromatic carbocycles. The summed E-state index contributed by atoms with van der Waals surface area (Å²) in [7, 11) is 1.55. The van der Waals surface area contributed by atoms with Gasteiger partial charge in [-0.25, -0.2) is 0 Å². The molecule has 0 atom stereocenters. The van der Waals surface area contributed by atoms with Crippen molar-refractivity contribution >= 4 is 15.9 Å². The Morgan fingerprint density at radius 2 is 2.00 bits per heavy atom. The van der Waals surface area contributed by atoms with E-state index in [0.29, 0.717) is 16.1 Å². The van der Waals surface area contributed by atoms with Gasteiger partial charge in [-0.2, -0.15) is 0 Å². The maximum atomic E-state index is 9.53. The number of phenolic OH excluding ortho intramolecular Hbond substituents is 1. The zero-order chi connectivity index (χ0) is 10.0. The van der Waals surface area contributed by atoms with Gasteiger partial charge in [-0.3, -0.25) is 0 Å². The van der Waals surface area contributed by atoms with Crippen LogP contribution < -0.4 is 4.74 Å². The summed E-state index contributed by atoms with van der Waals surface area (Å²) in [6.07, 6.45) is 0. The van der Waals surface area contributed by atoms with Gasteiger partial charge in [0.2, 0.25) is 0 Å². The summed E-state index contributed by atoms with van der Waals surface area (Å²) in [5.74, 6) is 1.09. The zero-order valence-corrected chi connectivity index (χ0v) is 9.55. The van der Waals surface area contributed by atoms with Gasteiger partial charge >= 0.3 is 0 Å². The average molecular weight is 245 g/mol. The van der Waals surface area contributed by atoms with Crippen molar-refractivity contribution in [1.29, 1.82) is 0 Å². The number of aromatic hydroxyl groups is 1. The molecule has 2 nitrogen and oxygen atoms in total. The summed E-state index contributed by atoms with van der Waals surface area (Å²) >= 11 is 3.28. The monoisotopic (exact) mass is 244 g/mol. The summed E-state index contributed by atoms with van der Waals surface area (Å²) in [6, 6.07) is 3.76. The molecular weight excluding hydrogens is 232 g/mol. The van der Waals surface area contributed by atoms with Gasteiger partial charge < -0.3 is 9.84 Å². The van der Waals surface area contributed by atoms with Gasteiger partial charge in [-0.15, -0.1) is 0 Å². The second-order valence-corrected chi connectivity index (χ2v) is 4.06. The summed E-state index contributed by atoms with van der Waals surface area (Å²) in [5, 5.41) is 9.53. The average Bonchev–Trinajstić information content (AvgIpc) is 2.09. The van der Waals surface area contributed by atoms with Crippen LogP contribution in [0.25, 0.3) is 0 Å². The molecule has 0 bridgehead atoms. The molecule has 1 N–H and O–H groups in total. The van der Waals surface area contributed by atoms with E-state index in [1.54, 1.807) is 7.11 Å². The number of phenols is 1. The third-order valence-corrected chi connectivity index (χ3v) is 2.54. The zero-order valence-electron chi connectivity index (χ0n) is 7.97. The van der Waals surface area contributed by atoms with E-state index in [2.05, 4.69) is 29.8 Å². The van der Waals surface area contributed by atoms with Crippen molar-refractivity contribution in [3.05, 3.63) is 22.2 Å². The molecular formula is C10H13BrO2. The van der Waals surface area contributed by atoms with Crippen molar-refractivity contribution in [2.24, 2.45) is 0 Å². The number of rotatable bonds is 2. The molecule has 0 spiro atoms. The van der Waals surface area contributed by atoms with Gasteiger partial charge in [0.15, 0.2) is 11.5 Å². The third-order valence-electron chi connectivity index (χ3n) is 1.94. The first kappa shape index (κ1) is 10.4. The highest BCUT2D eigenvalue weighted by Gasteiger charge is 2.09.